The summed E-state index contributed by atoms with van der Waals surface area (Å²) in [6.45, 7) is 1.95. The van der Waals surface area contributed by atoms with Gasteiger partial charge in [-0.15, -0.1) is 0 Å². The predicted molar refractivity (Wildman–Crippen MR) is 66.8 cm³/mol. The van der Waals surface area contributed by atoms with Crippen molar-refractivity contribution in [1.82, 2.24) is 9.97 Å². The summed E-state index contributed by atoms with van der Waals surface area (Å²) in [5.74, 6) is 0. The molecule has 0 spiro atoms. The van der Waals surface area contributed by atoms with Crippen molar-refractivity contribution in [2.24, 2.45) is 0 Å². The standard InChI is InChI=1S/C11H10ClN3S/c1-7-5-9(13)11(15-6-7)16-10-8(12)3-2-4-14-10/h2-6H,13H2,1H3. The second-order valence-electron chi connectivity index (χ2n) is 3.30. The van der Waals surface area contributed by atoms with E-state index in [0.717, 1.165) is 10.6 Å². The fourth-order valence-electron chi connectivity index (χ4n) is 1.20. The maximum atomic E-state index is 6.01. The summed E-state index contributed by atoms with van der Waals surface area (Å²) in [6.07, 6.45) is 3.47. The largest absolute Gasteiger partial charge is 0.397 e. The van der Waals surface area contributed by atoms with E-state index in [2.05, 4.69) is 9.97 Å². The van der Waals surface area contributed by atoms with Crippen LogP contribution in [0, 0.1) is 6.92 Å². The van der Waals surface area contributed by atoms with Gasteiger partial charge in [-0.1, -0.05) is 11.6 Å². The minimum absolute atomic E-state index is 0.606. The number of hydrogen-bond acceptors (Lipinski definition) is 4. The van der Waals surface area contributed by atoms with E-state index in [1.165, 1.54) is 11.8 Å². The lowest BCUT2D eigenvalue weighted by Gasteiger charge is -2.05. The van der Waals surface area contributed by atoms with Crippen LogP contribution in [0.3, 0.4) is 0 Å². The third-order valence-corrected chi connectivity index (χ3v) is 3.40. The van der Waals surface area contributed by atoms with Gasteiger partial charge in [-0.25, -0.2) is 9.97 Å². The van der Waals surface area contributed by atoms with Gasteiger partial charge >= 0.3 is 0 Å². The number of aryl methyl sites for hydroxylation is 1. The molecule has 0 unspecified atom stereocenters. The molecule has 2 heterocycles. The molecular formula is C11H10ClN3S. The Bertz CT molecular complexity index is 516. The fourth-order valence-corrected chi connectivity index (χ4v) is 2.18. The first-order valence-electron chi connectivity index (χ1n) is 4.67. The Labute approximate surface area is 103 Å². The number of halogens is 1. The van der Waals surface area contributed by atoms with E-state index in [0.29, 0.717) is 15.7 Å². The number of nitrogens with zero attached hydrogens (tertiary/aromatic N) is 2. The molecule has 0 aliphatic carbocycles. The number of hydrogen-bond donors (Lipinski definition) is 1. The molecular weight excluding hydrogens is 242 g/mol. The molecule has 0 amide bonds. The molecule has 0 saturated carbocycles. The van der Waals surface area contributed by atoms with Crippen molar-refractivity contribution in [2.45, 2.75) is 17.0 Å². The number of rotatable bonds is 2. The summed E-state index contributed by atoms with van der Waals surface area (Å²) < 4.78 is 0. The summed E-state index contributed by atoms with van der Waals surface area (Å²) in [6, 6.07) is 5.46. The maximum Gasteiger partial charge on any atom is 0.125 e. The van der Waals surface area contributed by atoms with E-state index < -0.39 is 0 Å². The minimum atomic E-state index is 0.606. The normalized spacial score (nSPS) is 10.4. The molecule has 0 saturated heterocycles. The van der Waals surface area contributed by atoms with Gasteiger partial charge in [0.1, 0.15) is 10.1 Å². The first-order chi connectivity index (χ1) is 7.66. The average molecular weight is 252 g/mol. The number of aromatic nitrogens is 2. The molecule has 16 heavy (non-hydrogen) atoms. The fraction of sp³-hybridized carbons (Fsp3) is 0.0909. The quantitative estimate of drug-likeness (QED) is 0.891. The Hall–Kier alpha value is -1.26. The van der Waals surface area contributed by atoms with Crippen LogP contribution >= 0.6 is 23.4 Å². The van der Waals surface area contributed by atoms with Crippen LogP contribution in [0.25, 0.3) is 0 Å². The monoisotopic (exact) mass is 251 g/mol. The second kappa shape index (κ2) is 4.72. The SMILES string of the molecule is Cc1cnc(Sc2ncccc2Cl)c(N)c1. The Kier molecular flexibility index (Phi) is 3.31. The van der Waals surface area contributed by atoms with Crippen LogP contribution in [0.2, 0.25) is 5.02 Å². The Morgan fingerprint density at radius 2 is 2.12 bits per heavy atom. The van der Waals surface area contributed by atoms with Crippen molar-refractivity contribution in [3.8, 4) is 0 Å². The van der Waals surface area contributed by atoms with Gasteiger partial charge in [0.15, 0.2) is 0 Å². The third-order valence-electron chi connectivity index (χ3n) is 1.93. The molecule has 0 radical (unpaired) electrons. The van der Waals surface area contributed by atoms with E-state index in [1.54, 1.807) is 24.5 Å². The van der Waals surface area contributed by atoms with Gasteiger partial charge in [-0.05, 0) is 42.4 Å². The molecule has 0 atom stereocenters. The number of nitrogens with two attached hydrogens (primary N) is 1. The molecule has 0 fully saturated rings. The highest BCUT2D eigenvalue weighted by molar-refractivity contribution is 7.99. The summed E-state index contributed by atoms with van der Waals surface area (Å²) in [4.78, 5) is 8.43. The average Bonchev–Trinajstić information content (AvgIpc) is 2.25. The summed E-state index contributed by atoms with van der Waals surface area (Å²) in [5, 5.41) is 2.05. The highest BCUT2D eigenvalue weighted by Crippen LogP contribution is 2.33. The Morgan fingerprint density at radius 3 is 2.81 bits per heavy atom. The zero-order chi connectivity index (χ0) is 11.5. The molecule has 3 nitrogen and oxygen atoms in total. The topological polar surface area (TPSA) is 51.8 Å². The van der Waals surface area contributed by atoms with Crippen LogP contribution in [-0.2, 0) is 0 Å². The predicted octanol–water partition coefficient (Wildman–Crippen LogP) is 3.17. The van der Waals surface area contributed by atoms with Crippen molar-refractivity contribution in [1.29, 1.82) is 0 Å². The number of pyridine rings is 2. The van der Waals surface area contributed by atoms with Gasteiger partial charge in [0, 0.05) is 12.4 Å². The van der Waals surface area contributed by atoms with Gasteiger partial charge in [0.2, 0.25) is 0 Å². The first-order valence-corrected chi connectivity index (χ1v) is 5.87. The number of anilines is 1. The van der Waals surface area contributed by atoms with Crippen LogP contribution in [0.5, 0.6) is 0 Å². The molecule has 2 rings (SSSR count). The van der Waals surface area contributed by atoms with E-state index in [-0.39, 0.29) is 0 Å². The van der Waals surface area contributed by atoms with Crippen LogP contribution in [0.15, 0.2) is 40.6 Å². The van der Waals surface area contributed by atoms with Gasteiger partial charge in [0.05, 0.1) is 10.7 Å². The van der Waals surface area contributed by atoms with E-state index in [9.17, 15) is 0 Å². The summed E-state index contributed by atoms with van der Waals surface area (Å²) >= 11 is 7.38. The van der Waals surface area contributed by atoms with Gasteiger partial charge in [-0.3, -0.25) is 0 Å². The molecule has 0 aliphatic rings. The molecule has 2 N–H and O–H groups in total. The Balaban J connectivity index is 2.31. The van der Waals surface area contributed by atoms with Crippen molar-refractivity contribution >= 4 is 29.1 Å². The lowest BCUT2D eigenvalue weighted by atomic mass is 10.3. The Morgan fingerprint density at radius 1 is 1.31 bits per heavy atom. The third kappa shape index (κ3) is 2.46. The van der Waals surface area contributed by atoms with Crippen molar-refractivity contribution in [3.05, 3.63) is 41.2 Å². The second-order valence-corrected chi connectivity index (χ2v) is 4.68. The van der Waals surface area contributed by atoms with Crippen LogP contribution < -0.4 is 5.73 Å². The molecule has 0 bridgehead atoms. The molecule has 2 aromatic rings. The lowest BCUT2D eigenvalue weighted by Crippen LogP contribution is -1.93. The lowest BCUT2D eigenvalue weighted by molar-refractivity contribution is 1.09. The van der Waals surface area contributed by atoms with Crippen molar-refractivity contribution in [3.63, 3.8) is 0 Å². The molecule has 5 heteroatoms. The highest BCUT2D eigenvalue weighted by Gasteiger charge is 2.07. The summed E-state index contributed by atoms with van der Waals surface area (Å²) in [5.41, 5.74) is 7.55. The number of nitrogen functional groups attached to an aromatic ring is 1. The van der Waals surface area contributed by atoms with Crippen LogP contribution in [-0.4, -0.2) is 9.97 Å². The van der Waals surface area contributed by atoms with Crippen molar-refractivity contribution in [2.75, 3.05) is 5.73 Å². The van der Waals surface area contributed by atoms with E-state index in [1.807, 2.05) is 13.0 Å². The van der Waals surface area contributed by atoms with Crippen LogP contribution in [0.1, 0.15) is 5.56 Å². The molecule has 0 aliphatic heterocycles. The first kappa shape index (κ1) is 11.2. The smallest absolute Gasteiger partial charge is 0.125 e. The molecule has 2 aromatic heterocycles. The molecule has 0 aromatic carbocycles. The van der Waals surface area contributed by atoms with Gasteiger partial charge in [0.25, 0.3) is 0 Å². The summed E-state index contributed by atoms with van der Waals surface area (Å²) in [7, 11) is 0. The minimum Gasteiger partial charge on any atom is -0.397 e. The van der Waals surface area contributed by atoms with Crippen molar-refractivity contribution < 1.29 is 0 Å². The van der Waals surface area contributed by atoms with Gasteiger partial charge < -0.3 is 5.73 Å². The van der Waals surface area contributed by atoms with E-state index >= 15 is 0 Å². The van der Waals surface area contributed by atoms with Gasteiger partial charge in [-0.2, -0.15) is 0 Å². The molecule has 82 valence electrons. The highest BCUT2D eigenvalue weighted by atomic mass is 35.5. The van der Waals surface area contributed by atoms with E-state index in [4.69, 9.17) is 17.3 Å². The zero-order valence-electron chi connectivity index (χ0n) is 8.64. The maximum absolute atomic E-state index is 6.01. The van der Waals surface area contributed by atoms with Crippen LogP contribution in [0.4, 0.5) is 5.69 Å². The zero-order valence-corrected chi connectivity index (χ0v) is 10.2.